The van der Waals surface area contributed by atoms with E-state index in [0.717, 1.165) is 5.56 Å². The lowest BCUT2D eigenvalue weighted by molar-refractivity contribution is -0.115. The number of hydrogen-bond acceptors (Lipinski definition) is 4. The van der Waals surface area contributed by atoms with Gasteiger partial charge >= 0.3 is 6.61 Å². The zero-order valence-electron chi connectivity index (χ0n) is 14.7. The van der Waals surface area contributed by atoms with Crippen molar-refractivity contribution in [3.8, 4) is 17.0 Å². The highest BCUT2D eigenvalue weighted by atomic mass is 32.2. The van der Waals surface area contributed by atoms with E-state index >= 15 is 0 Å². The van der Waals surface area contributed by atoms with E-state index in [4.69, 9.17) is 0 Å². The smallest absolute Gasteiger partial charge is 0.387 e. The van der Waals surface area contributed by atoms with Crippen LogP contribution in [0.3, 0.4) is 0 Å². The normalized spacial score (nSPS) is 12.0. The molecule has 146 valence electrons. The zero-order chi connectivity index (χ0) is 20.1. The predicted octanol–water partition coefficient (Wildman–Crippen LogP) is 4.94. The largest absolute Gasteiger partial charge is 0.433 e. The highest BCUT2D eigenvalue weighted by Gasteiger charge is 2.19. The second-order valence-electron chi connectivity index (χ2n) is 5.73. The zero-order valence-corrected chi connectivity index (χ0v) is 15.5. The van der Waals surface area contributed by atoms with Gasteiger partial charge in [0, 0.05) is 0 Å². The quantitative estimate of drug-likeness (QED) is 0.545. The van der Waals surface area contributed by atoms with Gasteiger partial charge in [-0.05, 0) is 48.9 Å². The average molecular weight is 407 g/mol. The molecule has 1 amide bonds. The Kier molecular flexibility index (Phi) is 6.25. The number of carbonyl (C=O) groups is 1. The lowest BCUT2D eigenvalue weighted by Gasteiger charge is -2.14. The van der Waals surface area contributed by atoms with Gasteiger partial charge in [-0.3, -0.25) is 4.79 Å². The van der Waals surface area contributed by atoms with Gasteiger partial charge in [-0.2, -0.15) is 8.78 Å². The Morgan fingerprint density at radius 3 is 2.61 bits per heavy atom. The molecule has 2 aromatic carbocycles. The number of nitrogens with one attached hydrogen (secondary N) is 2. The molecule has 3 aromatic rings. The van der Waals surface area contributed by atoms with Crippen LogP contribution in [-0.2, 0) is 4.79 Å². The summed E-state index contributed by atoms with van der Waals surface area (Å²) in [4.78, 5) is 19.7. The van der Waals surface area contributed by atoms with Gasteiger partial charge < -0.3 is 15.0 Å². The highest BCUT2D eigenvalue weighted by Crippen LogP contribution is 2.28. The number of alkyl halides is 2. The lowest BCUT2D eigenvalue weighted by atomic mass is 10.2. The van der Waals surface area contributed by atoms with Gasteiger partial charge in [0.1, 0.15) is 11.6 Å². The van der Waals surface area contributed by atoms with Crippen molar-refractivity contribution >= 4 is 23.4 Å². The number of halogens is 3. The first-order valence-corrected chi connectivity index (χ1v) is 9.12. The summed E-state index contributed by atoms with van der Waals surface area (Å²) in [5.41, 5.74) is 1.61. The van der Waals surface area contributed by atoms with Gasteiger partial charge in [0.2, 0.25) is 5.91 Å². The minimum absolute atomic E-state index is 0.111. The number of carbonyl (C=O) groups excluding carboxylic acids is 1. The molecule has 0 fully saturated rings. The summed E-state index contributed by atoms with van der Waals surface area (Å²) in [5.74, 6) is -0.839. The third-order valence-electron chi connectivity index (χ3n) is 3.73. The number of thioether (sulfide) groups is 1. The molecule has 0 radical (unpaired) electrons. The second-order valence-corrected chi connectivity index (χ2v) is 7.06. The van der Waals surface area contributed by atoms with Crippen LogP contribution in [0.15, 0.2) is 59.9 Å². The summed E-state index contributed by atoms with van der Waals surface area (Å²) in [6.45, 7) is -1.32. The maximum atomic E-state index is 13.0. The number of amides is 1. The third-order valence-corrected chi connectivity index (χ3v) is 4.72. The van der Waals surface area contributed by atoms with Crippen LogP contribution in [0.4, 0.5) is 18.9 Å². The van der Waals surface area contributed by atoms with Crippen LogP contribution in [0.1, 0.15) is 6.92 Å². The molecule has 0 spiro atoms. The van der Waals surface area contributed by atoms with Gasteiger partial charge in [0.05, 0.1) is 22.8 Å². The van der Waals surface area contributed by atoms with Crippen LogP contribution < -0.4 is 10.1 Å². The minimum atomic E-state index is -2.99. The molecule has 0 aliphatic heterocycles. The number of anilines is 1. The summed E-state index contributed by atoms with van der Waals surface area (Å²) < 4.78 is 42.4. The van der Waals surface area contributed by atoms with Crippen molar-refractivity contribution < 1.29 is 22.7 Å². The van der Waals surface area contributed by atoms with E-state index < -0.39 is 17.8 Å². The van der Waals surface area contributed by atoms with E-state index in [9.17, 15) is 18.0 Å². The van der Waals surface area contributed by atoms with Crippen molar-refractivity contribution in [2.75, 3.05) is 5.32 Å². The fourth-order valence-corrected chi connectivity index (χ4v) is 3.15. The Morgan fingerprint density at radius 1 is 1.18 bits per heavy atom. The molecule has 3 rings (SSSR count). The van der Waals surface area contributed by atoms with E-state index in [1.807, 2.05) is 0 Å². The summed E-state index contributed by atoms with van der Waals surface area (Å²) in [5, 5.41) is 2.52. The van der Waals surface area contributed by atoms with E-state index in [1.165, 1.54) is 42.1 Å². The molecular formula is C19H16F3N3O2S. The van der Waals surface area contributed by atoms with Crippen LogP contribution in [0.25, 0.3) is 11.3 Å². The third kappa shape index (κ3) is 5.07. The van der Waals surface area contributed by atoms with Gasteiger partial charge in [-0.25, -0.2) is 9.37 Å². The van der Waals surface area contributed by atoms with Gasteiger partial charge in [-0.1, -0.05) is 23.9 Å². The van der Waals surface area contributed by atoms with E-state index in [0.29, 0.717) is 10.9 Å². The first-order chi connectivity index (χ1) is 13.4. The van der Waals surface area contributed by atoms with E-state index in [1.54, 1.807) is 31.3 Å². The number of H-pyrrole nitrogens is 1. The number of aromatic nitrogens is 2. The Morgan fingerprint density at radius 2 is 1.89 bits per heavy atom. The Labute approximate surface area is 163 Å². The molecule has 0 saturated heterocycles. The maximum absolute atomic E-state index is 13.0. The number of benzene rings is 2. The van der Waals surface area contributed by atoms with Crippen LogP contribution >= 0.6 is 11.8 Å². The summed E-state index contributed by atoms with van der Waals surface area (Å²) in [6, 6.07) is 11.9. The molecule has 1 atom stereocenters. The van der Waals surface area contributed by atoms with Crippen molar-refractivity contribution in [1.82, 2.24) is 9.97 Å². The summed E-state index contributed by atoms with van der Waals surface area (Å²) in [7, 11) is 0. The van der Waals surface area contributed by atoms with Crippen molar-refractivity contribution in [2.24, 2.45) is 0 Å². The maximum Gasteiger partial charge on any atom is 0.387 e. The molecule has 1 unspecified atom stereocenters. The number of rotatable bonds is 7. The van der Waals surface area contributed by atoms with Gasteiger partial charge in [-0.15, -0.1) is 0 Å². The number of hydrogen-bond donors (Lipinski definition) is 2. The van der Waals surface area contributed by atoms with Crippen LogP contribution in [0, 0.1) is 5.82 Å². The SMILES string of the molecule is CC(Sc1ncc(-c2ccc(F)cc2)[nH]1)C(=O)Nc1ccccc1OC(F)F. The Hall–Kier alpha value is -2.94. The number of ether oxygens (including phenoxy) is 1. The number of aromatic amines is 1. The van der Waals surface area contributed by atoms with E-state index in [-0.39, 0.29) is 17.3 Å². The van der Waals surface area contributed by atoms with E-state index in [2.05, 4.69) is 20.0 Å². The molecule has 5 nitrogen and oxygen atoms in total. The van der Waals surface area contributed by atoms with Crippen molar-refractivity contribution in [3.05, 3.63) is 60.5 Å². The van der Waals surface area contributed by atoms with Crippen LogP contribution in [0.2, 0.25) is 0 Å². The molecule has 2 N–H and O–H groups in total. The first kappa shape index (κ1) is 19.8. The molecule has 1 aromatic heterocycles. The topological polar surface area (TPSA) is 67.0 Å². The van der Waals surface area contributed by atoms with Crippen LogP contribution in [0.5, 0.6) is 5.75 Å². The van der Waals surface area contributed by atoms with Gasteiger partial charge in [0.25, 0.3) is 0 Å². The second kappa shape index (κ2) is 8.83. The number of para-hydroxylation sites is 2. The number of imidazole rings is 1. The van der Waals surface area contributed by atoms with Crippen LogP contribution in [-0.4, -0.2) is 27.7 Å². The molecule has 9 heteroatoms. The lowest BCUT2D eigenvalue weighted by Crippen LogP contribution is -2.23. The molecule has 0 bridgehead atoms. The van der Waals surface area contributed by atoms with Gasteiger partial charge in [0.15, 0.2) is 5.16 Å². The predicted molar refractivity (Wildman–Crippen MR) is 101 cm³/mol. The molecule has 0 aliphatic carbocycles. The number of nitrogens with zero attached hydrogens (tertiary/aromatic N) is 1. The fraction of sp³-hybridized carbons (Fsp3) is 0.158. The van der Waals surface area contributed by atoms with Crippen molar-refractivity contribution in [1.29, 1.82) is 0 Å². The molecule has 0 saturated carbocycles. The Bertz CT molecular complexity index is 948. The summed E-state index contributed by atoms with van der Waals surface area (Å²) in [6.07, 6.45) is 1.59. The minimum Gasteiger partial charge on any atom is -0.433 e. The first-order valence-electron chi connectivity index (χ1n) is 8.24. The fourth-order valence-electron chi connectivity index (χ4n) is 2.36. The molecule has 28 heavy (non-hydrogen) atoms. The molecule has 1 heterocycles. The Balaban J connectivity index is 1.64. The van der Waals surface area contributed by atoms with Crippen molar-refractivity contribution in [3.63, 3.8) is 0 Å². The molecule has 0 aliphatic rings. The standard InChI is InChI=1S/C19H16F3N3O2S/c1-11(17(26)24-14-4-2-3-5-16(14)27-18(21)22)28-19-23-10-15(25-19)12-6-8-13(20)9-7-12/h2-11,18H,1H3,(H,23,25)(H,24,26). The monoisotopic (exact) mass is 407 g/mol. The molecular weight excluding hydrogens is 391 g/mol. The highest BCUT2D eigenvalue weighted by molar-refractivity contribution is 8.00. The average Bonchev–Trinajstić information content (AvgIpc) is 3.12. The summed E-state index contributed by atoms with van der Waals surface area (Å²) >= 11 is 1.17. The van der Waals surface area contributed by atoms with Crippen molar-refractivity contribution in [2.45, 2.75) is 23.9 Å².